The third-order valence-corrected chi connectivity index (χ3v) is 2.39. The van der Waals surface area contributed by atoms with Crippen LogP contribution in [-0.4, -0.2) is 16.7 Å². The van der Waals surface area contributed by atoms with Crippen LogP contribution in [0.4, 0.5) is 0 Å². The van der Waals surface area contributed by atoms with Crippen LogP contribution in [0.15, 0.2) is 4.79 Å². The van der Waals surface area contributed by atoms with Crippen molar-refractivity contribution in [3.8, 4) is 5.88 Å². The molecule has 4 heteroatoms. The molecule has 1 aromatic rings. The van der Waals surface area contributed by atoms with Gasteiger partial charge in [-0.3, -0.25) is 4.79 Å². The number of aromatic nitrogens is 2. The standard InChI is InChI=1S/C9H12N2O2/c1-6-9(12)11-5-3-4-7(11)8(10-6)13-2/h3-5H2,1-2H3. The molecule has 4 nitrogen and oxygen atoms in total. The fourth-order valence-corrected chi connectivity index (χ4v) is 1.74. The maximum absolute atomic E-state index is 11.6. The van der Waals surface area contributed by atoms with Gasteiger partial charge in [-0.05, 0) is 19.8 Å². The zero-order chi connectivity index (χ0) is 9.42. The van der Waals surface area contributed by atoms with Gasteiger partial charge in [0.05, 0.1) is 12.8 Å². The Labute approximate surface area is 76.2 Å². The van der Waals surface area contributed by atoms with Crippen molar-refractivity contribution in [3.63, 3.8) is 0 Å². The summed E-state index contributed by atoms with van der Waals surface area (Å²) >= 11 is 0. The zero-order valence-corrected chi connectivity index (χ0v) is 7.83. The molecular weight excluding hydrogens is 168 g/mol. The molecule has 0 aliphatic carbocycles. The smallest absolute Gasteiger partial charge is 0.272 e. The summed E-state index contributed by atoms with van der Waals surface area (Å²) in [6, 6.07) is 0. The molecule has 0 N–H and O–H groups in total. The molecule has 0 aromatic carbocycles. The van der Waals surface area contributed by atoms with Crippen LogP contribution in [0, 0.1) is 6.92 Å². The Kier molecular flexibility index (Phi) is 1.83. The highest BCUT2D eigenvalue weighted by Gasteiger charge is 2.19. The number of fused-ring (bicyclic) bond motifs is 1. The summed E-state index contributed by atoms with van der Waals surface area (Å²) < 4.78 is 6.89. The molecular formula is C9H12N2O2. The highest BCUT2D eigenvalue weighted by Crippen LogP contribution is 2.20. The molecule has 0 saturated carbocycles. The Morgan fingerprint density at radius 1 is 1.54 bits per heavy atom. The van der Waals surface area contributed by atoms with E-state index in [0.717, 1.165) is 25.1 Å². The fourth-order valence-electron chi connectivity index (χ4n) is 1.74. The molecule has 0 bridgehead atoms. The number of aryl methyl sites for hydroxylation is 1. The number of hydrogen-bond donors (Lipinski definition) is 0. The van der Waals surface area contributed by atoms with E-state index in [1.807, 2.05) is 0 Å². The molecule has 2 heterocycles. The maximum atomic E-state index is 11.6. The van der Waals surface area contributed by atoms with Crippen molar-refractivity contribution < 1.29 is 4.74 Å². The quantitative estimate of drug-likeness (QED) is 0.632. The van der Waals surface area contributed by atoms with Gasteiger partial charge < -0.3 is 9.30 Å². The molecule has 0 unspecified atom stereocenters. The summed E-state index contributed by atoms with van der Waals surface area (Å²) in [5.41, 5.74) is 1.48. The van der Waals surface area contributed by atoms with Crippen molar-refractivity contribution in [2.45, 2.75) is 26.3 Å². The highest BCUT2D eigenvalue weighted by molar-refractivity contribution is 5.23. The van der Waals surface area contributed by atoms with Crippen LogP contribution in [-0.2, 0) is 13.0 Å². The topological polar surface area (TPSA) is 44.1 Å². The van der Waals surface area contributed by atoms with Crippen molar-refractivity contribution in [2.24, 2.45) is 0 Å². The van der Waals surface area contributed by atoms with Gasteiger partial charge in [0.25, 0.3) is 5.56 Å². The molecule has 2 rings (SSSR count). The predicted molar refractivity (Wildman–Crippen MR) is 48.1 cm³/mol. The van der Waals surface area contributed by atoms with Gasteiger partial charge in [-0.1, -0.05) is 0 Å². The van der Waals surface area contributed by atoms with E-state index >= 15 is 0 Å². The minimum atomic E-state index is 0.0216. The van der Waals surface area contributed by atoms with Crippen LogP contribution < -0.4 is 10.3 Å². The van der Waals surface area contributed by atoms with E-state index in [2.05, 4.69) is 4.98 Å². The van der Waals surface area contributed by atoms with Crippen molar-refractivity contribution in [2.75, 3.05) is 7.11 Å². The molecule has 70 valence electrons. The lowest BCUT2D eigenvalue weighted by Crippen LogP contribution is -2.23. The summed E-state index contributed by atoms with van der Waals surface area (Å²) in [5, 5.41) is 0. The number of methoxy groups -OCH3 is 1. The van der Waals surface area contributed by atoms with Gasteiger partial charge in [-0.2, -0.15) is 0 Å². The van der Waals surface area contributed by atoms with Crippen molar-refractivity contribution >= 4 is 0 Å². The maximum Gasteiger partial charge on any atom is 0.272 e. The molecule has 0 fully saturated rings. The first-order valence-corrected chi connectivity index (χ1v) is 4.38. The van der Waals surface area contributed by atoms with E-state index in [4.69, 9.17) is 4.74 Å². The summed E-state index contributed by atoms with van der Waals surface area (Å²) in [5.74, 6) is 0.606. The van der Waals surface area contributed by atoms with Crippen molar-refractivity contribution in [3.05, 3.63) is 21.7 Å². The summed E-state index contributed by atoms with van der Waals surface area (Å²) in [7, 11) is 1.59. The second kappa shape index (κ2) is 2.87. The first-order valence-electron chi connectivity index (χ1n) is 4.38. The zero-order valence-electron chi connectivity index (χ0n) is 7.83. The average molecular weight is 180 g/mol. The van der Waals surface area contributed by atoms with E-state index in [9.17, 15) is 4.79 Å². The fraction of sp³-hybridized carbons (Fsp3) is 0.556. The summed E-state index contributed by atoms with van der Waals surface area (Å²) in [4.78, 5) is 15.7. The molecule has 13 heavy (non-hydrogen) atoms. The minimum Gasteiger partial charge on any atom is -0.480 e. The van der Waals surface area contributed by atoms with Crippen molar-refractivity contribution in [1.29, 1.82) is 0 Å². The SMILES string of the molecule is COc1nc(C)c(=O)n2c1CCC2. The van der Waals surface area contributed by atoms with Crippen molar-refractivity contribution in [1.82, 2.24) is 9.55 Å². The number of nitrogens with zero attached hydrogens (tertiary/aromatic N) is 2. The second-order valence-electron chi connectivity index (χ2n) is 3.21. The second-order valence-corrected chi connectivity index (χ2v) is 3.21. The summed E-state index contributed by atoms with van der Waals surface area (Å²) in [6.45, 7) is 2.52. The van der Waals surface area contributed by atoms with E-state index in [-0.39, 0.29) is 5.56 Å². The van der Waals surface area contributed by atoms with Gasteiger partial charge in [0.15, 0.2) is 0 Å². The molecule has 0 amide bonds. The van der Waals surface area contributed by atoms with E-state index in [1.54, 1.807) is 18.6 Å². The Balaban J connectivity index is 2.71. The Bertz CT molecular complexity index is 395. The van der Waals surface area contributed by atoms with Crippen LogP contribution in [0.2, 0.25) is 0 Å². The number of rotatable bonds is 1. The van der Waals surface area contributed by atoms with Crippen LogP contribution in [0.5, 0.6) is 5.88 Å². The van der Waals surface area contributed by atoms with Crippen LogP contribution in [0.1, 0.15) is 17.8 Å². The molecule has 1 aliphatic heterocycles. The average Bonchev–Trinajstić information content (AvgIpc) is 2.60. The lowest BCUT2D eigenvalue weighted by atomic mass is 10.3. The number of hydrogen-bond acceptors (Lipinski definition) is 3. The third-order valence-electron chi connectivity index (χ3n) is 2.39. The molecule has 0 saturated heterocycles. The van der Waals surface area contributed by atoms with Gasteiger partial charge in [0.2, 0.25) is 5.88 Å². The van der Waals surface area contributed by atoms with Gasteiger partial charge >= 0.3 is 0 Å². The first kappa shape index (κ1) is 8.29. The molecule has 0 radical (unpaired) electrons. The molecule has 1 aromatic heterocycles. The lowest BCUT2D eigenvalue weighted by Gasteiger charge is -2.08. The molecule has 0 atom stereocenters. The molecule has 1 aliphatic rings. The van der Waals surface area contributed by atoms with Gasteiger partial charge in [-0.25, -0.2) is 4.98 Å². The molecule has 0 spiro atoms. The largest absolute Gasteiger partial charge is 0.480 e. The van der Waals surface area contributed by atoms with Gasteiger partial charge in [0, 0.05) is 6.54 Å². The number of ether oxygens (including phenoxy) is 1. The summed E-state index contributed by atoms with van der Waals surface area (Å²) in [6.07, 6.45) is 1.91. The normalized spacial score (nSPS) is 14.3. The van der Waals surface area contributed by atoms with Crippen LogP contribution in [0.25, 0.3) is 0 Å². The third kappa shape index (κ3) is 1.13. The van der Waals surface area contributed by atoms with E-state index < -0.39 is 0 Å². The lowest BCUT2D eigenvalue weighted by molar-refractivity contribution is 0.386. The van der Waals surface area contributed by atoms with Crippen LogP contribution >= 0.6 is 0 Å². The van der Waals surface area contributed by atoms with Gasteiger partial charge in [0.1, 0.15) is 5.69 Å². The minimum absolute atomic E-state index is 0.0216. The van der Waals surface area contributed by atoms with E-state index in [1.165, 1.54) is 0 Å². The Morgan fingerprint density at radius 3 is 3.00 bits per heavy atom. The van der Waals surface area contributed by atoms with Crippen LogP contribution in [0.3, 0.4) is 0 Å². The van der Waals surface area contributed by atoms with Gasteiger partial charge in [-0.15, -0.1) is 0 Å². The Morgan fingerprint density at radius 2 is 2.31 bits per heavy atom. The monoisotopic (exact) mass is 180 g/mol. The highest BCUT2D eigenvalue weighted by atomic mass is 16.5. The Hall–Kier alpha value is -1.32. The predicted octanol–water partition coefficient (Wildman–Crippen LogP) is 0.507. The van der Waals surface area contributed by atoms with E-state index in [0.29, 0.717) is 11.6 Å². The first-order chi connectivity index (χ1) is 6.24.